The third kappa shape index (κ3) is 4.72. The van der Waals surface area contributed by atoms with Crippen molar-refractivity contribution in [3.05, 3.63) is 28.3 Å². The minimum absolute atomic E-state index is 0.00517. The van der Waals surface area contributed by atoms with Crippen molar-refractivity contribution in [3.63, 3.8) is 0 Å². The van der Waals surface area contributed by atoms with Gasteiger partial charge in [0.25, 0.3) is 0 Å². The predicted molar refractivity (Wildman–Crippen MR) is 70.7 cm³/mol. The van der Waals surface area contributed by atoms with Crippen molar-refractivity contribution in [1.29, 1.82) is 0 Å². The molecular weight excluding hydrogens is 252 g/mol. The Hall–Kier alpha value is -1.86. The Kier molecular flexibility index (Phi) is 6.62. The molecule has 1 rings (SSSR count). The molecule has 0 amide bonds. The molecule has 0 bridgehead atoms. The average Bonchev–Trinajstić information content (AvgIpc) is 2.42. The van der Waals surface area contributed by atoms with Crippen molar-refractivity contribution in [2.75, 3.05) is 38.8 Å². The molecule has 2 N–H and O–H groups in total. The summed E-state index contributed by atoms with van der Waals surface area (Å²) >= 11 is 0. The van der Waals surface area contributed by atoms with E-state index < -0.39 is 4.92 Å². The first-order valence-corrected chi connectivity index (χ1v) is 5.94. The van der Waals surface area contributed by atoms with Crippen LogP contribution in [0.4, 0.5) is 11.4 Å². The molecule has 0 aliphatic rings. The van der Waals surface area contributed by atoms with Gasteiger partial charge in [-0.1, -0.05) is 6.07 Å². The van der Waals surface area contributed by atoms with Crippen LogP contribution in [0.1, 0.15) is 6.42 Å². The van der Waals surface area contributed by atoms with E-state index in [1.165, 1.54) is 7.11 Å². The number of nitrogens with zero attached hydrogens (tertiary/aromatic N) is 1. The zero-order chi connectivity index (χ0) is 14.1. The highest BCUT2D eigenvalue weighted by Crippen LogP contribution is 2.34. The molecule has 0 saturated carbocycles. The Morgan fingerprint density at radius 3 is 2.84 bits per heavy atom. The molecule has 0 aliphatic carbocycles. The van der Waals surface area contributed by atoms with Crippen LogP contribution in [0.2, 0.25) is 0 Å². The highest BCUT2D eigenvalue weighted by Gasteiger charge is 2.19. The molecule has 0 radical (unpaired) electrons. The number of nitro groups is 1. The van der Waals surface area contributed by atoms with Crippen LogP contribution in [0.5, 0.6) is 5.75 Å². The van der Waals surface area contributed by atoms with Crippen molar-refractivity contribution in [2.45, 2.75) is 6.42 Å². The lowest BCUT2D eigenvalue weighted by atomic mass is 10.2. The molecule has 7 heteroatoms. The summed E-state index contributed by atoms with van der Waals surface area (Å²) in [5.74, 6) is 0.228. The van der Waals surface area contributed by atoms with Gasteiger partial charge in [0.05, 0.1) is 25.2 Å². The molecule has 7 nitrogen and oxygen atoms in total. The van der Waals surface area contributed by atoms with Crippen molar-refractivity contribution in [3.8, 4) is 5.75 Å². The highest BCUT2D eigenvalue weighted by atomic mass is 16.6. The Morgan fingerprint density at radius 1 is 1.42 bits per heavy atom. The second-order valence-corrected chi connectivity index (χ2v) is 3.73. The summed E-state index contributed by atoms with van der Waals surface area (Å²) in [7, 11) is 1.40. The summed E-state index contributed by atoms with van der Waals surface area (Å²) in [6.07, 6.45) is 0.689. The van der Waals surface area contributed by atoms with Gasteiger partial charge in [-0.2, -0.15) is 0 Å². The first-order chi connectivity index (χ1) is 9.20. The van der Waals surface area contributed by atoms with Gasteiger partial charge in [-0.15, -0.1) is 0 Å². The third-order valence-electron chi connectivity index (χ3n) is 2.42. The van der Waals surface area contributed by atoms with Gasteiger partial charge < -0.3 is 19.9 Å². The van der Waals surface area contributed by atoms with Crippen molar-refractivity contribution < 1.29 is 19.5 Å². The van der Waals surface area contributed by atoms with Crippen LogP contribution in [-0.2, 0) is 4.74 Å². The van der Waals surface area contributed by atoms with E-state index in [9.17, 15) is 10.1 Å². The van der Waals surface area contributed by atoms with Crippen molar-refractivity contribution in [2.24, 2.45) is 0 Å². The normalized spacial score (nSPS) is 10.2. The first-order valence-electron chi connectivity index (χ1n) is 5.94. The van der Waals surface area contributed by atoms with Crippen molar-refractivity contribution in [1.82, 2.24) is 0 Å². The molecule has 1 aromatic carbocycles. The summed E-state index contributed by atoms with van der Waals surface area (Å²) in [6.45, 7) is 1.33. The zero-order valence-corrected chi connectivity index (χ0v) is 10.8. The monoisotopic (exact) mass is 270 g/mol. The number of methoxy groups -OCH3 is 1. The molecular formula is C12H18N2O5. The number of ether oxygens (including phenoxy) is 2. The fourth-order valence-corrected chi connectivity index (χ4v) is 1.58. The number of anilines is 1. The maximum absolute atomic E-state index is 11.0. The first kappa shape index (κ1) is 15.2. The summed E-state index contributed by atoms with van der Waals surface area (Å²) in [5, 5.41) is 22.5. The Labute approximate surface area is 111 Å². The van der Waals surface area contributed by atoms with Crippen molar-refractivity contribution >= 4 is 11.4 Å². The van der Waals surface area contributed by atoms with E-state index in [-0.39, 0.29) is 18.0 Å². The minimum atomic E-state index is -0.469. The number of aliphatic hydroxyl groups excluding tert-OH is 1. The lowest BCUT2D eigenvalue weighted by Gasteiger charge is -2.09. The van der Waals surface area contributed by atoms with Crippen LogP contribution < -0.4 is 10.1 Å². The van der Waals surface area contributed by atoms with Gasteiger partial charge >= 0.3 is 5.69 Å². The van der Waals surface area contributed by atoms with E-state index in [1.54, 1.807) is 18.2 Å². The molecule has 0 atom stereocenters. The SMILES string of the molecule is COc1cccc(NCCCOCCO)c1[N+](=O)[O-]. The molecule has 106 valence electrons. The largest absolute Gasteiger partial charge is 0.490 e. The maximum atomic E-state index is 11.0. The zero-order valence-electron chi connectivity index (χ0n) is 10.8. The summed E-state index contributed by atoms with van der Waals surface area (Å²) in [5.41, 5.74) is 0.354. The molecule has 0 aliphatic heterocycles. The van der Waals surface area contributed by atoms with E-state index in [4.69, 9.17) is 14.6 Å². The van der Waals surface area contributed by atoms with Gasteiger partial charge in [0.2, 0.25) is 0 Å². The van der Waals surface area contributed by atoms with E-state index in [0.717, 1.165) is 0 Å². The van der Waals surface area contributed by atoms with Gasteiger partial charge in [0.1, 0.15) is 5.69 Å². The second-order valence-electron chi connectivity index (χ2n) is 3.73. The minimum Gasteiger partial charge on any atom is -0.490 e. The Morgan fingerprint density at radius 2 is 2.21 bits per heavy atom. The van der Waals surface area contributed by atoms with Crippen LogP contribution in [0.15, 0.2) is 18.2 Å². The van der Waals surface area contributed by atoms with Gasteiger partial charge in [0.15, 0.2) is 5.75 Å². The number of hydrogen-bond donors (Lipinski definition) is 2. The standard InChI is InChI=1S/C12H18N2O5/c1-18-11-5-2-4-10(12(11)14(16)17)13-6-3-8-19-9-7-15/h2,4-5,13,15H,3,6-9H2,1H3. The summed E-state index contributed by atoms with van der Waals surface area (Å²) < 4.78 is 10.1. The molecule has 0 aromatic heterocycles. The number of hydrogen-bond acceptors (Lipinski definition) is 6. The maximum Gasteiger partial charge on any atom is 0.333 e. The van der Waals surface area contributed by atoms with E-state index >= 15 is 0 Å². The number of nitrogens with one attached hydrogen (secondary N) is 1. The van der Waals surface area contributed by atoms with Crippen LogP contribution in [-0.4, -0.2) is 43.5 Å². The highest BCUT2D eigenvalue weighted by molar-refractivity contribution is 5.68. The van der Waals surface area contributed by atoms with Gasteiger partial charge in [-0.3, -0.25) is 10.1 Å². The molecule has 1 aromatic rings. The summed E-state index contributed by atoms with van der Waals surface area (Å²) in [6, 6.07) is 4.87. The van der Waals surface area contributed by atoms with E-state index in [0.29, 0.717) is 31.9 Å². The molecule has 0 fully saturated rings. The lowest BCUT2D eigenvalue weighted by Crippen LogP contribution is -2.09. The molecule has 19 heavy (non-hydrogen) atoms. The Balaban J connectivity index is 2.55. The van der Waals surface area contributed by atoms with Gasteiger partial charge in [-0.05, 0) is 18.6 Å². The average molecular weight is 270 g/mol. The van der Waals surface area contributed by atoms with E-state index in [1.807, 2.05) is 0 Å². The fraction of sp³-hybridized carbons (Fsp3) is 0.500. The smallest absolute Gasteiger partial charge is 0.333 e. The number of aliphatic hydroxyl groups is 1. The van der Waals surface area contributed by atoms with Gasteiger partial charge in [0, 0.05) is 13.2 Å². The van der Waals surface area contributed by atoms with Crippen LogP contribution in [0.25, 0.3) is 0 Å². The van der Waals surface area contributed by atoms with Gasteiger partial charge in [-0.25, -0.2) is 0 Å². The van der Waals surface area contributed by atoms with Crippen LogP contribution in [0, 0.1) is 10.1 Å². The van der Waals surface area contributed by atoms with Crippen LogP contribution >= 0.6 is 0 Å². The number of rotatable bonds is 9. The topological polar surface area (TPSA) is 93.9 Å². The summed E-state index contributed by atoms with van der Waals surface area (Å²) in [4.78, 5) is 10.5. The van der Waals surface area contributed by atoms with E-state index in [2.05, 4.69) is 5.32 Å². The molecule has 0 spiro atoms. The number of nitro benzene ring substituents is 1. The fourth-order valence-electron chi connectivity index (χ4n) is 1.58. The molecule has 0 unspecified atom stereocenters. The third-order valence-corrected chi connectivity index (χ3v) is 2.42. The van der Waals surface area contributed by atoms with Crippen LogP contribution in [0.3, 0.4) is 0 Å². The molecule has 0 saturated heterocycles. The molecule has 0 heterocycles. The number of benzene rings is 1. The lowest BCUT2D eigenvalue weighted by molar-refractivity contribution is -0.384. The predicted octanol–water partition coefficient (Wildman–Crippen LogP) is 1.41. The number of para-hydroxylation sites is 1. The Bertz CT molecular complexity index is 411. The quantitative estimate of drug-likeness (QED) is 0.400. The second kappa shape index (κ2) is 8.28.